The Morgan fingerprint density at radius 3 is 2.67 bits per heavy atom. The fraction of sp³-hybridized carbons (Fsp3) is 0.111. The summed E-state index contributed by atoms with van der Waals surface area (Å²) in [4.78, 5) is 29.2. The van der Waals surface area contributed by atoms with Gasteiger partial charge in [-0.05, 0) is 53.2 Å². The Bertz CT molecular complexity index is 1160. The highest BCUT2D eigenvalue weighted by Crippen LogP contribution is 2.13. The van der Waals surface area contributed by atoms with Crippen LogP contribution in [-0.2, 0) is 11.3 Å². The lowest BCUT2D eigenvalue weighted by atomic mass is 10.1. The smallest absolute Gasteiger partial charge is 0.261 e. The molecule has 4 aromatic rings. The maximum absolute atomic E-state index is 12.6. The number of benzene rings is 2. The predicted octanol–water partition coefficient (Wildman–Crippen LogP) is 1.32. The zero-order valence-electron chi connectivity index (χ0n) is 14.4. The maximum Gasteiger partial charge on any atom is 0.261 e. The molecule has 2 heterocycles. The van der Waals surface area contributed by atoms with Gasteiger partial charge in [0.2, 0.25) is 5.91 Å². The number of anilines is 1. The maximum atomic E-state index is 12.6. The second-order valence-corrected chi connectivity index (χ2v) is 6.00. The van der Waals surface area contributed by atoms with E-state index in [9.17, 15) is 9.59 Å². The Labute approximate surface area is 153 Å². The molecule has 27 heavy (non-hydrogen) atoms. The second kappa shape index (κ2) is 6.79. The van der Waals surface area contributed by atoms with Crippen LogP contribution in [0.3, 0.4) is 0 Å². The van der Waals surface area contributed by atoms with E-state index >= 15 is 0 Å². The number of tetrazole rings is 1. The molecule has 0 spiro atoms. The molecule has 2 aromatic carbocycles. The molecule has 9 heteroatoms. The van der Waals surface area contributed by atoms with Gasteiger partial charge in [-0.3, -0.25) is 14.2 Å². The first-order valence-corrected chi connectivity index (χ1v) is 8.20. The molecule has 0 bridgehead atoms. The lowest BCUT2D eigenvalue weighted by Crippen LogP contribution is -2.28. The minimum atomic E-state index is -0.318. The molecule has 0 aliphatic carbocycles. The first-order valence-electron chi connectivity index (χ1n) is 8.20. The van der Waals surface area contributed by atoms with Crippen LogP contribution < -0.4 is 10.9 Å². The zero-order chi connectivity index (χ0) is 18.8. The van der Waals surface area contributed by atoms with Crippen LogP contribution >= 0.6 is 0 Å². The number of nitrogens with one attached hydrogen (secondary N) is 1. The number of carbonyl (C=O) groups is 1. The highest BCUT2D eigenvalue weighted by molar-refractivity contribution is 5.91. The lowest BCUT2D eigenvalue weighted by molar-refractivity contribution is -0.116. The summed E-state index contributed by atoms with van der Waals surface area (Å²) in [6.45, 7) is 1.77. The van der Waals surface area contributed by atoms with Crippen LogP contribution in [-0.4, -0.2) is 35.7 Å². The third kappa shape index (κ3) is 3.30. The summed E-state index contributed by atoms with van der Waals surface area (Å²) in [5.41, 5.74) is 2.70. The van der Waals surface area contributed by atoms with Crippen LogP contribution in [0.25, 0.3) is 16.6 Å². The van der Waals surface area contributed by atoms with Crippen molar-refractivity contribution >= 4 is 22.5 Å². The van der Waals surface area contributed by atoms with E-state index in [1.54, 1.807) is 36.4 Å². The number of hydrogen-bond donors (Lipinski definition) is 1. The normalized spacial score (nSPS) is 10.9. The van der Waals surface area contributed by atoms with Gasteiger partial charge in [0.05, 0.1) is 22.9 Å². The van der Waals surface area contributed by atoms with Crippen molar-refractivity contribution in [3.05, 3.63) is 71.0 Å². The molecule has 0 atom stereocenters. The van der Waals surface area contributed by atoms with Crippen molar-refractivity contribution in [1.29, 1.82) is 0 Å². The summed E-state index contributed by atoms with van der Waals surface area (Å²) in [5.74, 6) is -0.318. The minimum Gasteiger partial charge on any atom is -0.325 e. The summed E-state index contributed by atoms with van der Waals surface area (Å²) in [5, 5.41) is 14.2. The van der Waals surface area contributed by atoms with Crippen LogP contribution in [0.15, 0.2) is 59.9 Å². The van der Waals surface area contributed by atoms with Crippen LogP contribution in [0.1, 0.15) is 5.56 Å². The van der Waals surface area contributed by atoms with Crippen molar-refractivity contribution in [2.45, 2.75) is 13.5 Å². The summed E-state index contributed by atoms with van der Waals surface area (Å²) in [6, 6.07) is 12.4. The van der Waals surface area contributed by atoms with E-state index in [1.165, 1.54) is 21.9 Å². The molecular weight excluding hydrogens is 346 g/mol. The average molecular weight is 361 g/mol. The molecule has 1 amide bonds. The Hall–Kier alpha value is -3.88. The van der Waals surface area contributed by atoms with Gasteiger partial charge in [-0.2, -0.15) is 0 Å². The summed E-state index contributed by atoms with van der Waals surface area (Å²) in [7, 11) is 0. The molecule has 9 nitrogen and oxygen atoms in total. The van der Waals surface area contributed by atoms with Crippen LogP contribution in [0, 0.1) is 6.92 Å². The van der Waals surface area contributed by atoms with E-state index in [4.69, 9.17) is 0 Å². The van der Waals surface area contributed by atoms with E-state index in [0.717, 1.165) is 11.3 Å². The van der Waals surface area contributed by atoms with E-state index in [-0.39, 0.29) is 18.0 Å². The SMILES string of the molecule is Cc1cccc2c(=O)n(CC(=O)Nc3ccc(-n4cnnn4)cc3)cnc12. The van der Waals surface area contributed by atoms with Crippen molar-refractivity contribution < 1.29 is 4.79 Å². The Morgan fingerprint density at radius 2 is 1.93 bits per heavy atom. The van der Waals surface area contributed by atoms with Gasteiger partial charge in [0.15, 0.2) is 0 Å². The average Bonchev–Trinajstić information content (AvgIpc) is 3.20. The standard InChI is InChI=1S/C18H15N7O2/c1-12-3-2-4-15-17(12)19-10-24(18(15)27)9-16(26)21-13-5-7-14(8-6-13)25-11-20-22-23-25/h2-8,10-11H,9H2,1H3,(H,21,26). The van der Waals surface area contributed by atoms with Gasteiger partial charge < -0.3 is 5.32 Å². The molecule has 1 N–H and O–H groups in total. The molecule has 134 valence electrons. The Kier molecular flexibility index (Phi) is 4.17. The van der Waals surface area contributed by atoms with Crippen LogP contribution in [0.5, 0.6) is 0 Å². The van der Waals surface area contributed by atoms with Gasteiger partial charge in [0.1, 0.15) is 12.9 Å². The number of para-hydroxylation sites is 1. The highest BCUT2D eigenvalue weighted by Gasteiger charge is 2.10. The third-order valence-electron chi connectivity index (χ3n) is 4.13. The third-order valence-corrected chi connectivity index (χ3v) is 4.13. The number of aromatic nitrogens is 6. The van der Waals surface area contributed by atoms with Crippen LogP contribution in [0.2, 0.25) is 0 Å². The number of amides is 1. The van der Waals surface area contributed by atoms with Crippen molar-refractivity contribution in [1.82, 2.24) is 29.8 Å². The lowest BCUT2D eigenvalue weighted by Gasteiger charge is -2.09. The summed E-state index contributed by atoms with van der Waals surface area (Å²) < 4.78 is 2.81. The molecular formula is C18H15N7O2. The first-order chi connectivity index (χ1) is 13.1. The molecule has 0 unspecified atom stereocenters. The fourth-order valence-corrected chi connectivity index (χ4v) is 2.78. The number of aryl methyl sites for hydroxylation is 1. The molecule has 2 aromatic heterocycles. The zero-order valence-corrected chi connectivity index (χ0v) is 14.4. The molecule has 0 aliphatic rings. The summed E-state index contributed by atoms with van der Waals surface area (Å²) in [6.07, 6.45) is 2.88. The van der Waals surface area contributed by atoms with Gasteiger partial charge in [-0.25, -0.2) is 9.67 Å². The number of fused-ring (bicyclic) bond motifs is 1. The Morgan fingerprint density at radius 1 is 1.11 bits per heavy atom. The molecule has 0 fully saturated rings. The molecule has 0 aliphatic heterocycles. The first kappa shape index (κ1) is 16.6. The largest absolute Gasteiger partial charge is 0.325 e. The molecule has 4 rings (SSSR count). The van der Waals surface area contributed by atoms with Gasteiger partial charge in [0, 0.05) is 5.69 Å². The molecule has 0 saturated carbocycles. The van der Waals surface area contributed by atoms with Gasteiger partial charge in [-0.1, -0.05) is 12.1 Å². The van der Waals surface area contributed by atoms with E-state index in [1.807, 2.05) is 13.0 Å². The minimum absolute atomic E-state index is 0.121. The van der Waals surface area contributed by atoms with Gasteiger partial charge >= 0.3 is 0 Å². The Balaban J connectivity index is 1.50. The number of carbonyl (C=O) groups excluding carboxylic acids is 1. The van der Waals surface area contributed by atoms with Crippen LogP contribution in [0.4, 0.5) is 5.69 Å². The monoisotopic (exact) mass is 361 g/mol. The van der Waals surface area contributed by atoms with Crippen molar-refractivity contribution in [2.75, 3.05) is 5.32 Å². The summed E-state index contributed by atoms with van der Waals surface area (Å²) >= 11 is 0. The number of rotatable bonds is 4. The quantitative estimate of drug-likeness (QED) is 0.587. The van der Waals surface area contributed by atoms with E-state index < -0.39 is 0 Å². The van der Waals surface area contributed by atoms with E-state index in [2.05, 4.69) is 25.8 Å². The van der Waals surface area contributed by atoms with Crippen molar-refractivity contribution in [3.63, 3.8) is 0 Å². The topological polar surface area (TPSA) is 108 Å². The number of nitrogens with zero attached hydrogens (tertiary/aromatic N) is 6. The predicted molar refractivity (Wildman–Crippen MR) is 98.5 cm³/mol. The second-order valence-electron chi connectivity index (χ2n) is 6.00. The fourth-order valence-electron chi connectivity index (χ4n) is 2.78. The van der Waals surface area contributed by atoms with Gasteiger partial charge in [0.25, 0.3) is 5.56 Å². The molecule has 0 radical (unpaired) electrons. The van der Waals surface area contributed by atoms with Crippen molar-refractivity contribution in [2.24, 2.45) is 0 Å². The van der Waals surface area contributed by atoms with Crippen molar-refractivity contribution in [3.8, 4) is 5.69 Å². The number of hydrogen-bond acceptors (Lipinski definition) is 6. The van der Waals surface area contributed by atoms with E-state index in [0.29, 0.717) is 16.6 Å². The highest BCUT2D eigenvalue weighted by atomic mass is 16.2. The van der Waals surface area contributed by atoms with Gasteiger partial charge in [-0.15, -0.1) is 5.10 Å². The molecule has 0 saturated heterocycles.